The van der Waals surface area contributed by atoms with Crippen molar-refractivity contribution in [2.75, 3.05) is 0 Å². The lowest BCUT2D eigenvalue weighted by molar-refractivity contribution is -0.114. The predicted octanol–water partition coefficient (Wildman–Crippen LogP) is 2.73. The fourth-order valence-electron chi connectivity index (χ4n) is 3.14. The average molecular weight is 330 g/mol. The van der Waals surface area contributed by atoms with Gasteiger partial charge in [0.15, 0.2) is 17.3 Å². The maximum absolute atomic E-state index is 12.8. The van der Waals surface area contributed by atoms with Gasteiger partial charge in [0.2, 0.25) is 5.78 Å². The number of benzene rings is 2. The Labute approximate surface area is 141 Å². The molecule has 0 saturated carbocycles. The van der Waals surface area contributed by atoms with E-state index in [-0.39, 0.29) is 33.4 Å². The van der Waals surface area contributed by atoms with Crippen molar-refractivity contribution in [1.82, 2.24) is 0 Å². The molecule has 0 radical (unpaired) electrons. The van der Waals surface area contributed by atoms with Crippen molar-refractivity contribution in [2.45, 2.75) is 0 Å². The molecule has 2 aliphatic rings. The molecule has 2 aromatic carbocycles. The van der Waals surface area contributed by atoms with Gasteiger partial charge in [0.25, 0.3) is 5.78 Å². The maximum Gasteiger partial charge on any atom is 0.268 e. The summed E-state index contributed by atoms with van der Waals surface area (Å²) in [4.78, 5) is 49.4. The smallest absolute Gasteiger partial charge is 0.268 e. The molecular weight excluding hydrogens is 320 g/mol. The maximum atomic E-state index is 12.8. The molecule has 1 N–H and O–H groups in total. The normalized spacial score (nSPS) is 16.6. The SMILES string of the molecule is O=C1C(=O)c2ccccc2C(C2=CC(=O)c3ccccc3C2=O)=C1O. The second-order valence-electron chi connectivity index (χ2n) is 5.72. The highest BCUT2D eigenvalue weighted by atomic mass is 16.3. The zero-order chi connectivity index (χ0) is 17.7. The zero-order valence-electron chi connectivity index (χ0n) is 12.8. The number of carbonyl (C=O) groups excluding carboxylic acids is 4. The molecule has 0 aliphatic heterocycles. The molecule has 0 fully saturated rings. The third-order valence-electron chi connectivity index (χ3n) is 4.33. The second kappa shape index (κ2) is 5.21. The molecule has 0 heterocycles. The first-order valence-corrected chi connectivity index (χ1v) is 7.52. The summed E-state index contributed by atoms with van der Waals surface area (Å²) in [5.41, 5.74) is 0.661. The van der Waals surface area contributed by atoms with Crippen LogP contribution >= 0.6 is 0 Å². The lowest BCUT2D eigenvalue weighted by Crippen LogP contribution is -2.27. The Morgan fingerprint density at radius 3 is 1.76 bits per heavy atom. The Morgan fingerprint density at radius 1 is 0.600 bits per heavy atom. The lowest BCUT2D eigenvalue weighted by atomic mass is 9.78. The Kier molecular flexibility index (Phi) is 3.12. The summed E-state index contributed by atoms with van der Waals surface area (Å²) >= 11 is 0. The molecule has 25 heavy (non-hydrogen) atoms. The zero-order valence-corrected chi connectivity index (χ0v) is 12.8. The van der Waals surface area contributed by atoms with Crippen LogP contribution in [0.5, 0.6) is 0 Å². The molecule has 0 saturated heterocycles. The van der Waals surface area contributed by atoms with Gasteiger partial charge in [-0.05, 0) is 11.6 Å². The molecule has 2 aliphatic carbocycles. The topological polar surface area (TPSA) is 88.5 Å². The molecule has 2 aromatic rings. The van der Waals surface area contributed by atoms with Crippen LogP contribution in [-0.2, 0) is 4.79 Å². The number of fused-ring (bicyclic) bond motifs is 2. The Balaban J connectivity index is 1.99. The van der Waals surface area contributed by atoms with Crippen molar-refractivity contribution < 1.29 is 24.3 Å². The number of allylic oxidation sites excluding steroid dienone is 4. The number of ketones is 4. The van der Waals surface area contributed by atoms with Crippen molar-refractivity contribution in [1.29, 1.82) is 0 Å². The van der Waals surface area contributed by atoms with Crippen LogP contribution in [-0.4, -0.2) is 28.2 Å². The van der Waals surface area contributed by atoms with Crippen LogP contribution in [0.3, 0.4) is 0 Å². The molecular formula is C20H10O5. The van der Waals surface area contributed by atoms with E-state index in [1.165, 1.54) is 18.2 Å². The highest BCUT2D eigenvalue weighted by Crippen LogP contribution is 2.37. The van der Waals surface area contributed by atoms with Gasteiger partial charge in [0.05, 0.1) is 0 Å². The summed E-state index contributed by atoms with van der Waals surface area (Å²) in [7, 11) is 0. The summed E-state index contributed by atoms with van der Waals surface area (Å²) in [6.45, 7) is 0. The van der Waals surface area contributed by atoms with Gasteiger partial charge in [0, 0.05) is 27.8 Å². The van der Waals surface area contributed by atoms with Gasteiger partial charge in [0.1, 0.15) is 0 Å². The van der Waals surface area contributed by atoms with Crippen LogP contribution < -0.4 is 0 Å². The van der Waals surface area contributed by atoms with Crippen LogP contribution in [0.1, 0.15) is 36.6 Å². The molecule has 0 amide bonds. The number of aliphatic hydroxyl groups is 1. The van der Waals surface area contributed by atoms with Crippen molar-refractivity contribution in [2.24, 2.45) is 0 Å². The highest BCUT2D eigenvalue weighted by molar-refractivity contribution is 6.53. The summed E-state index contributed by atoms with van der Waals surface area (Å²) in [5, 5.41) is 10.3. The molecule has 0 aromatic heterocycles. The molecule has 0 bridgehead atoms. The summed E-state index contributed by atoms with van der Waals surface area (Å²) < 4.78 is 0. The third-order valence-corrected chi connectivity index (χ3v) is 4.33. The van der Waals surface area contributed by atoms with Crippen molar-refractivity contribution in [3.63, 3.8) is 0 Å². The third kappa shape index (κ3) is 2.03. The van der Waals surface area contributed by atoms with Gasteiger partial charge in [-0.3, -0.25) is 19.2 Å². The van der Waals surface area contributed by atoms with Gasteiger partial charge < -0.3 is 5.11 Å². The van der Waals surface area contributed by atoms with Crippen LogP contribution in [0.4, 0.5) is 0 Å². The van der Waals surface area contributed by atoms with Crippen molar-refractivity contribution >= 4 is 28.7 Å². The van der Waals surface area contributed by atoms with E-state index in [1.807, 2.05) is 0 Å². The summed E-state index contributed by atoms with van der Waals surface area (Å²) in [6.07, 6.45) is 1.11. The number of Topliss-reactive ketones (excluding diaryl/α,β-unsaturated/α-hetero) is 3. The van der Waals surface area contributed by atoms with Crippen LogP contribution in [0, 0.1) is 0 Å². The first kappa shape index (κ1) is 15.0. The van der Waals surface area contributed by atoms with Gasteiger partial charge in [-0.2, -0.15) is 0 Å². The fourth-order valence-corrected chi connectivity index (χ4v) is 3.14. The monoisotopic (exact) mass is 330 g/mol. The first-order valence-electron chi connectivity index (χ1n) is 7.52. The minimum atomic E-state index is -1.09. The van der Waals surface area contributed by atoms with Crippen molar-refractivity contribution in [3.8, 4) is 0 Å². The number of rotatable bonds is 1. The van der Waals surface area contributed by atoms with E-state index >= 15 is 0 Å². The average Bonchev–Trinajstić information content (AvgIpc) is 2.64. The molecule has 120 valence electrons. The Morgan fingerprint density at radius 2 is 1.12 bits per heavy atom. The molecule has 0 unspecified atom stereocenters. The number of hydrogen-bond donors (Lipinski definition) is 1. The molecule has 0 spiro atoms. The van der Waals surface area contributed by atoms with E-state index in [4.69, 9.17) is 0 Å². The van der Waals surface area contributed by atoms with Crippen LogP contribution in [0.25, 0.3) is 5.57 Å². The Hall–Kier alpha value is -3.60. The molecule has 5 heteroatoms. The van der Waals surface area contributed by atoms with Crippen LogP contribution in [0.15, 0.2) is 65.9 Å². The molecule has 0 atom stereocenters. The van der Waals surface area contributed by atoms with E-state index in [0.717, 1.165) is 6.08 Å². The lowest BCUT2D eigenvalue weighted by Gasteiger charge is -2.22. The van der Waals surface area contributed by atoms with Gasteiger partial charge in [-0.15, -0.1) is 0 Å². The number of aliphatic hydroxyl groups excluding tert-OH is 1. The van der Waals surface area contributed by atoms with Crippen LogP contribution in [0.2, 0.25) is 0 Å². The van der Waals surface area contributed by atoms with E-state index < -0.39 is 28.9 Å². The summed E-state index contributed by atoms with van der Waals surface area (Å²) in [6, 6.07) is 12.5. The predicted molar refractivity (Wildman–Crippen MR) is 88.5 cm³/mol. The van der Waals surface area contributed by atoms with E-state index in [0.29, 0.717) is 0 Å². The first-order chi connectivity index (χ1) is 12.0. The van der Waals surface area contributed by atoms with E-state index in [1.54, 1.807) is 30.3 Å². The largest absolute Gasteiger partial charge is 0.504 e. The molecule has 5 nitrogen and oxygen atoms in total. The minimum Gasteiger partial charge on any atom is -0.504 e. The quantitative estimate of drug-likeness (QED) is 0.812. The van der Waals surface area contributed by atoms with E-state index in [2.05, 4.69) is 0 Å². The second-order valence-corrected chi connectivity index (χ2v) is 5.72. The van der Waals surface area contributed by atoms with E-state index in [9.17, 15) is 24.3 Å². The van der Waals surface area contributed by atoms with Gasteiger partial charge in [-0.1, -0.05) is 48.5 Å². The van der Waals surface area contributed by atoms with Crippen molar-refractivity contribution in [3.05, 3.63) is 88.2 Å². The number of carbonyl (C=O) groups is 4. The Bertz CT molecular complexity index is 1070. The number of hydrogen-bond acceptors (Lipinski definition) is 5. The van der Waals surface area contributed by atoms with Gasteiger partial charge in [-0.25, -0.2) is 0 Å². The summed E-state index contributed by atoms with van der Waals surface area (Å²) in [5.74, 6) is -3.61. The highest BCUT2D eigenvalue weighted by Gasteiger charge is 2.37. The fraction of sp³-hybridized carbons (Fsp3) is 0. The standard InChI is InChI=1S/C20H10O5/c21-15-9-14(17(22)12-7-3-1-5-10(12)15)16-11-6-2-4-8-13(11)18(23)20(25)19(16)24/h1-9,24H. The van der Waals surface area contributed by atoms with Gasteiger partial charge >= 0.3 is 0 Å². The minimum absolute atomic E-state index is 0.0759. The molecule has 4 rings (SSSR count).